The van der Waals surface area contributed by atoms with Gasteiger partial charge >= 0.3 is 0 Å². The second-order valence-corrected chi connectivity index (χ2v) is 7.95. The molecule has 1 aromatic heterocycles. The molecule has 0 saturated carbocycles. The first-order valence-electron chi connectivity index (χ1n) is 10.8. The lowest BCUT2D eigenvalue weighted by atomic mass is 9.97. The zero-order valence-corrected chi connectivity index (χ0v) is 18.1. The van der Waals surface area contributed by atoms with Crippen molar-refractivity contribution in [2.24, 2.45) is 5.92 Å². The smallest absolute Gasteiger partial charge is 0.237 e. The van der Waals surface area contributed by atoms with Gasteiger partial charge in [-0.05, 0) is 51.0 Å². The summed E-state index contributed by atoms with van der Waals surface area (Å²) >= 11 is 0. The van der Waals surface area contributed by atoms with E-state index in [-0.39, 0.29) is 30.3 Å². The number of aromatic nitrogens is 2. The molecular weight excluding hydrogens is 394 g/mol. The van der Waals surface area contributed by atoms with Gasteiger partial charge in [0.25, 0.3) is 0 Å². The number of hydrogen-bond donors (Lipinski definition) is 2. The van der Waals surface area contributed by atoms with E-state index >= 15 is 0 Å². The van der Waals surface area contributed by atoms with E-state index in [0.717, 1.165) is 70.4 Å². The zero-order valence-electron chi connectivity index (χ0n) is 17.3. The van der Waals surface area contributed by atoms with Crippen molar-refractivity contribution in [2.45, 2.75) is 70.8 Å². The van der Waals surface area contributed by atoms with Crippen molar-refractivity contribution in [1.82, 2.24) is 25.7 Å². The first-order chi connectivity index (χ1) is 13.7. The number of rotatable bonds is 9. The van der Waals surface area contributed by atoms with E-state index in [2.05, 4.69) is 27.7 Å². The lowest BCUT2D eigenvalue weighted by molar-refractivity contribution is -0.133. The highest BCUT2D eigenvalue weighted by Gasteiger charge is 2.26. The first-order valence-corrected chi connectivity index (χ1v) is 10.8. The predicted octanol–water partition coefficient (Wildman–Crippen LogP) is 1.87. The zero-order chi connectivity index (χ0) is 19.8. The van der Waals surface area contributed by atoms with Gasteiger partial charge in [0.05, 0.1) is 6.04 Å². The monoisotopic (exact) mass is 427 g/mol. The van der Waals surface area contributed by atoms with Crippen molar-refractivity contribution >= 4 is 24.2 Å². The molecule has 0 bridgehead atoms. The van der Waals surface area contributed by atoms with Gasteiger partial charge in [0, 0.05) is 38.9 Å². The van der Waals surface area contributed by atoms with E-state index in [1.807, 2.05) is 4.90 Å². The molecule has 2 N–H and O–H groups in total. The third-order valence-electron chi connectivity index (χ3n) is 5.58. The van der Waals surface area contributed by atoms with Crippen LogP contribution >= 0.6 is 12.4 Å². The Labute approximate surface area is 179 Å². The molecule has 3 heterocycles. The molecule has 2 unspecified atom stereocenters. The Kier molecular flexibility index (Phi) is 9.87. The van der Waals surface area contributed by atoms with E-state index in [1.54, 1.807) is 0 Å². The van der Waals surface area contributed by atoms with Gasteiger partial charge in [-0.3, -0.25) is 9.59 Å². The van der Waals surface area contributed by atoms with Crippen LogP contribution in [0, 0.1) is 5.92 Å². The van der Waals surface area contributed by atoms with Crippen molar-refractivity contribution in [3.05, 3.63) is 11.7 Å². The largest absolute Gasteiger partial charge is 0.354 e. The highest BCUT2D eigenvalue weighted by atomic mass is 35.5. The van der Waals surface area contributed by atoms with Crippen molar-refractivity contribution < 1.29 is 14.1 Å². The number of aryl methyl sites for hydroxylation is 2. The average Bonchev–Trinajstić information content (AvgIpc) is 3.39. The van der Waals surface area contributed by atoms with Crippen LogP contribution in [-0.4, -0.2) is 59.1 Å². The highest BCUT2D eigenvalue weighted by Crippen LogP contribution is 2.18. The molecule has 29 heavy (non-hydrogen) atoms. The molecule has 2 amide bonds. The number of nitrogens with zero attached hydrogens (tertiary/aromatic N) is 3. The van der Waals surface area contributed by atoms with Gasteiger partial charge in [0.15, 0.2) is 5.82 Å². The van der Waals surface area contributed by atoms with Gasteiger partial charge in [-0.15, -0.1) is 12.4 Å². The van der Waals surface area contributed by atoms with Crippen molar-refractivity contribution in [3.8, 4) is 0 Å². The predicted molar refractivity (Wildman–Crippen MR) is 112 cm³/mol. The number of carbonyl (C=O) groups excluding carboxylic acids is 2. The molecule has 0 aliphatic carbocycles. The molecule has 2 atom stereocenters. The molecule has 2 fully saturated rings. The van der Waals surface area contributed by atoms with E-state index in [4.69, 9.17) is 4.52 Å². The fourth-order valence-electron chi connectivity index (χ4n) is 4.00. The maximum atomic E-state index is 12.6. The summed E-state index contributed by atoms with van der Waals surface area (Å²) in [6.07, 6.45) is 7.71. The van der Waals surface area contributed by atoms with E-state index in [9.17, 15) is 9.59 Å². The van der Waals surface area contributed by atoms with Crippen LogP contribution < -0.4 is 10.6 Å². The molecule has 0 radical (unpaired) electrons. The van der Waals surface area contributed by atoms with Gasteiger partial charge in [-0.2, -0.15) is 4.98 Å². The van der Waals surface area contributed by atoms with E-state index in [1.165, 1.54) is 0 Å². The summed E-state index contributed by atoms with van der Waals surface area (Å²) in [5.41, 5.74) is 0. The lowest BCUT2D eigenvalue weighted by Crippen LogP contribution is -2.46. The number of piperidine rings is 1. The molecule has 2 aliphatic heterocycles. The van der Waals surface area contributed by atoms with Gasteiger partial charge in [0.1, 0.15) is 0 Å². The fourth-order valence-corrected chi connectivity index (χ4v) is 4.00. The van der Waals surface area contributed by atoms with Crippen LogP contribution in [0.4, 0.5) is 0 Å². The topological polar surface area (TPSA) is 100 Å². The maximum absolute atomic E-state index is 12.6. The van der Waals surface area contributed by atoms with Crippen LogP contribution in [0.3, 0.4) is 0 Å². The summed E-state index contributed by atoms with van der Waals surface area (Å²) in [5.74, 6) is 1.99. The van der Waals surface area contributed by atoms with E-state index < -0.39 is 0 Å². The lowest BCUT2D eigenvalue weighted by Gasteiger charge is -2.33. The Morgan fingerprint density at radius 2 is 2.14 bits per heavy atom. The minimum atomic E-state index is -0.0381. The fraction of sp³-hybridized carbons (Fsp3) is 0.800. The third-order valence-corrected chi connectivity index (χ3v) is 5.58. The van der Waals surface area contributed by atoms with Gasteiger partial charge < -0.3 is 20.1 Å². The van der Waals surface area contributed by atoms with Crippen LogP contribution in [0.25, 0.3) is 0 Å². The number of nitrogens with one attached hydrogen (secondary N) is 2. The van der Waals surface area contributed by atoms with Crippen LogP contribution in [0.2, 0.25) is 0 Å². The summed E-state index contributed by atoms with van der Waals surface area (Å²) in [4.78, 5) is 31.0. The Morgan fingerprint density at radius 1 is 1.28 bits per heavy atom. The van der Waals surface area contributed by atoms with Gasteiger partial charge in [-0.25, -0.2) is 0 Å². The normalized spacial score (nSPS) is 21.6. The minimum absolute atomic E-state index is 0. The SMILES string of the molecule is CCCc1noc(CCCC(=O)N2CCCC(CNC(=O)C3CCCN3)C2)n1.Cl. The van der Waals surface area contributed by atoms with Crippen LogP contribution in [0.1, 0.15) is 63.6 Å². The van der Waals surface area contributed by atoms with Crippen molar-refractivity contribution in [1.29, 1.82) is 0 Å². The number of hydrogen-bond acceptors (Lipinski definition) is 6. The highest BCUT2D eigenvalue weighted by molar-refractivity contribution is 5.85. The number of halogens is 1. The van der Waals surface area contributed by atoms with Crippen molar-refractivity contribution in [3.63, 3.8) is 0 Å². The van der Waals surface area contributed by atoms with Crippen LogP contribution in [0.15, 0.2) is 4.52 Å². The Hall–Kier alpha value is -1.67. The number of likely N-dealkylation sites (tertiary alicyclic amines) is 1. The van der Waals surface area contributed by atoms with Gasteiger partial charge in [0.2, 0.25) is 17.7 Å². The number of amides is 2. The standard InChI is InChI=1S/C20H33N5O3.ClH/c1-2-6-17-23-18(28-24-17)9-3-10-19(26)25-12-5-7-15(14-25)13-22-20(27)16-8-4-11-21-16;/h15-16,21H,2-14H2,1H3,(H,22,27);1H. The average molecular weight is 428 g/mol. The van der Waals surface area contributed by atoms with Crippen LogP contribution in [-0.2, 0) is 22.4 Å². The second-order valence-electron chi connectivity index (χ2n) is 7.95. The molecule has 1 aromatic rings. The quantitative estimate of drug-likeness (QED) is 0.624. The summed E-state index contributed by atoms with van der Waals surface area (Å²) in [5, 5.41) is 10.2. The van der Waals surface area contributed by atoms with Gasteiger partial charge in [-0.1, -0.05) is 12.1 Å². The summed E-state index contributed by atoms with van der Waals surface area (Å²) in [6.45, 7) is 5.21. The Balaban J connectivity index is 0.00000300. The summed E-state index contributed by atoms with van der Waals surface area (Å²) in [7, 11) is 0. The molecule has 3 rings (SSSR count). The molecule has 2 saturated heterocycles. The molecule has 0 aromatic carbocycles. The molecule has 9 heteroatoms. The Morgan fingerprint density at radius 3 is 2.90 bits per heavy atom. The van der Waals surface area contributed by atoms with E-state index in [0.29, 0.717) is 31.2 Å². The summed E-state index contributed by atoms with van der Waals surface area (Å²) < 4.78 is 5.23. The molecule has 164 valence electrons. The second kappa shape index (κ2) is 12.1. The maximum Gasteiger partial charge on any atom is 0.237 e. The molecule has 8 nitrogen and oxygen atoms in total. The summed E-state index contributed by atoms with van der Waals surface area (Å²) in [6, 6.07) is -0.0381. The van der Waals surface area contributed by atoms with Crippen molar-refractivity contribution in [2.75, 3.05) is 26.2 Å². The Bertz CT molecular complexity index is 648. The third kappa shape index (κ3) is 7.26. The first kappa shape index (κ1) is 23.6. The number of carbonyl (C=O) groups is 2. The minimum Gasteiger partial charge on any atom is -0.354 e. The molecular formula is C20H34ClN5O3. The molecule has 2 aliphatic rings. The van der Waals surface area contributed by atoms with Crippen LogP contribution in [0.5, 0.6) is 0 Å². The molecule has 0 spiro atoms.